The molecule has 0 saturated heterocycles. The first-order valence-corrected chi connectivity index (χ1v) is 18.5. The van der Waals surface area contributed by atoms with Gasteiger partial charge in [0.25, 0.3) is 0 Å². The van der Waals surface area contributed by atoms with Crippen molar-refractivity contribution in [3.8, 4) is 11.5 Å². The fourth-order valence-electron chi connectivity index (χ4n) is 7.27. The topological polar surface area (TPSA) is 59.2 Å². The summed E-state index contributed by atoms with van der Waals surface area (Å²) in [7, 11) is 0. The molecule has 275 valence electrons. The summed E-state index contributed by atoms with van der Waals surface area (Å²) in [5.74, 6) is 2.41. The second-order valence-electron chi connectivity index (χ2n) is 14.8. The molecule has 6 nitrogen and oxygen atoms in total. The van der Waals surface area contributed by atoms with Crippen LogP contribution in [0.15, 0.2) is 116 Å². The maximum atomic E-state index is 4.60. The van der Waals surface area contributed by atoms with Crippen molar-refractivity contribution in [2.24, 2.45) is 0 Å². The van der Waals surface area contributed by atoms with Crippen LogP contribution in [0.25, 0.3) is 33.3 Å². The summed E-state index contributed by atoms with van der Waals surface area (Å²) in [6.45, 7) is 20.7. The Kier molecular flexibility index (Phi) is 11.5. The number of aromatic nitrogens is 4. The number of imidazole rings is 1. The van der Waals surface area contributed by atoms with Crippen molar-refractivity contribution < 1.29 is 22.4 Å². The van der Waals surface area contributed by atoms with E-state index in [0.29, 0.717) is 35.2 Å². The standard InChI is InChI=1S/C31H39N2.C15H9N4.Au/c1-20(2)24-13-11-14-25(21(3)4)30(24)32-19-33(29-18-10-9-17-28(29)32)31-26(22(5)6)15-12-16-27(31)23(7)8;1-2-4-11-10(3-1)5-6-12-14(11)19-15(18-12)13-9-16-7-8-17-13;/h9-23H,1-8H3;1-9H;/q2*-1;. The van der Waals surface area contributed by atoms with Crippen LogP contribution in [0, 0.1) is 6.67 Å². The molecule has 7 aromatic rings. The number of rotatable bonds is 7. The van der Waals surface area contributed by atoms with Crippen LogP contribution in [0.4, 0.5) is 22.7 Å². The van der Waals surface area contributed by atoms with Gasteiger partial charge in [0.1, 0.15) is 0 Å². The summed E-state index contributed by atoms with van der Waals surface area (Å²) in [4.78, 5) is 22.3. The minimum atomic E-state index is 0. The third-order valence-electron chi connectivity index (χ3n) is 9.91. The average molecular weight is 882 g/mol. The van der Waals surface area contributed by atoms with Crippen LogP contribution >= 0.6 is 0 Å². The van der Waals surface area contributed by atoms with Crippen molar-refractivity contribution in [2.75, 3.05) is 9.80 Å². The minimum absolute atomic E-state index is 0. The molecule has 5 aromatic carbocycles. The first-order chi connectivity index (χ1) is 25.1. The molecule has 3 heterocycles. The van der Waals surface area contributed by atoms with Crippen LogP contribution in [0.1, 0.15) is 101 Å². The molecule has 0 amide bonds. The number of para-hydroxylation sites is 4. The predicted molar refractivity (Wildman–Crippen MR) is 218 cm³/mol. The van der Waals surface area contributed by atoms with Crippen molar-refractivity contribution in [3.63, 3.8) is 0 Å². The Hall–Kier alpha value is -4.75. The van der Waals surface area contributed by atoms with E-state index < -0.39 is 0 Å². The largest absolute Gasteiger partial charge is 0.473 e. The molecular formula is C46H48AuN6-2. The molecule has 0 atom stereocenters. The van der Waals surface area contributed by atoms with Crippen LogP contribution in [0.3, 0.4) is 0 Å². The van der Waals surface area contributed by atoms with Gasteiger partial charge in [0, 0.05) is 57.5 Å². The second-order valence-corrected chi connectivity index (χ2v) is 14.8. The summed E-state index contributed by atoms with van der Waals surface area (Å²) >= 11 is 0. The van der Waals surface area contributed by atoms with Crippen LogP contribution < -0.4 is 14.8 Å². The Labute approximate surface area is 330 Å². The Bertz CT molecular complexity index is 2180. The van der Waals surface area contributed by atoms with Crippen molar-refractivity contribution in [1.29, 1.82) is 0 Å². The van der Waals surface area contributed by atoms with Gasteiger partial charge in [-0.15, -0.1) is 6.67 Å². The smallest absolute Gasteiger partial charge is 0.0803 e. The number of anilines is 4. The van der Waals surface area contributed by atoms with Gasteiger partial charge < -0.3 is 19.8 Å². The van der Waals surface area contributed by atoms with Gasteiger partial charge in [-0.05, 0) is 85.7 Å². The van der Waals surface area contributed by atoms with Gasteiger partial charge in [-0.25, -0.2) is 0 Å². The van der Waals surface area contributed by atoms with Crippen LogP contribution in [0.5, 0.6) is 0 Å². The van der Waals surface area contributed by atoms with Crippen molar-refractivity contribution in [3.05, 3.63) is 145 Å². The third kappa shape index (κ3) is 7.41. The van der Waals surface area contributed by atoms with E-state index in [9.17, 15) is 0 Å². The minimum Gasteiger partial charge on any atom is -0.473 e. The summed E-state index contributed by atoms with van der Waals surface area (Å²) in [5.41, 5.74) is 13.3. The number of hydrogen-bond donors (Lipinski definition) is 0. The molecule has 0 bridgehead atoms. The van der Waals surface area contributed by atoms with Gasteiger partial charge in [-0.2, -0.15) is 0 Å². The van der Waals surface area contributed by atoms with Gasteiger partial charge in [-0.1, -0.05) is 140 Å². The third-order valence-corrected chi connectivity index (χ3v) is 9.91. The molecule has 0 saturated carbocycles. The summed E-state index contributed by atoms with van der Waals surface area (Å²) < 4.78 is 0. The van der Waals surface area contributed by atoms with Crippen molar-refractivity contribution in [1.82, 2.24) is 19.9 Å². The molecule has 53 heavy (non-hydrogen) atoms. The molecule has 0 spiro atoms. The Morgan fingerprint density at radius 1 is 0.566 bits per heavy atom. The van der Waals surface area contributed by atoms with E-state index in [0.717, 1.165) is 16.4 Å². The molecule has 1 aliphatic heterocycles. The quantitative estimate of drug-likeness (QED) is 0.117. The fourth-order valence-corrected chi connectivity index (χ4v) is 7.27. The molecule has 1 radical (unpaired) electrons. The fraction of sp³-hybridized carbons (Fsp3) is 0.261. The van der Waals surface area contributed by atoms with Gasteiger partial charge in [0.2, 0.25) is 0 Å². The van der Waals surface area contributed by atoms with Crippen LogP contribution in [-0.4, -0.2) is 15.0 Å². The summed E-state index contributed by atoms with van der Waals surface area (Å²) in [6, 6.07) is 34.7. The Morgan fingerprint density at radius 3 is 1.57 bits per heavy atom. The summed E-state index contributed by atoms with van der Waals surface area (Å²) in [6.07, 6.45) is 4.96. The van der Waals surface area contributed by atoms with E-state index >= 15 is 0 Å². The predicted octanol–water partition coefficient (Wildman–Crippen LogP) is 12.4. The molecule has 0 aliphatic carbocycles. The van der Waals surface area contributed by atoms with E-state index in [-0.39, 0.29) is 22.4 Å². The molecule has 0 fully saturated rings. The van der Waals surface area contributed by atoms with E-state index in [1.807, 2.05) is 18.2 Å². The number of hydrogen-bond acceptors (Lipinski definition) is 5. The zero-order valence-corrected chi connectivity index (χ0v) is 34.0. The van der Waals surface area contributed by atoms with E-state index in [1.54, 1.807) is 18.6 Å². The monoisotopic (exact) mass is 881 g/mol. The van der Waals surface area contributed by atoms with E-state index in [2.05, 4.69) is 171 Å². The number of benzene rings is 5. The average Bonchev–Trinajstić information content (AvgIpc) is 3.77. The SMILES string of the molecule is CC(C)c1cccc(C(C)C)c1N1[CH-]N(c2c(C(C)C)cccc2C(C)C)c2ccccc21.[Au].c1ccc2c(c1)ccc1[n-]c(-c3cnccn3)nc12. The Balaban J connectivity index is 0.000000203. The normalized spacial score (nSPS) is 12.5. The summed E-state index contributed by atoms with van der Waals surface area (Å²) in [5, 5.41) is 2.28. The maximum Gasteiger partial charge on any atom is 0.0803 e. The number of fused-ring (bicyclic) bond motifs is 4. The first-order valence-electron chi connectivity index (χ1n) is 18.5. The maximum absolute atomic E-state index is 4.60. The second kappa shape index (κ2) is 16.1. The molecular weight excluding hydrogens is 834 g/mol. The van der Waals surface area contributed by atoms with Gasteiger partial charge in [0.05, 0.1) is 11.9 Å². The molecule has 2 aromatic heterocycles. The van der Waals surface area contributed by atoms with Crippen LogP contribution in [-0.2, 0) is 22.4 Å². The zero-order chi connectivity index (χ0) is 36.5. The molecule has 1 aliphatic rings. The Morgan fingerprint density at radius 2 is 1.08 bits per heavy atom. The molecule has 7 heteroatoms. The molecule has 8 rings (SSSR count). The van der Waals surface area contributed by atoms with Gasteiger partial charge >= 0.3 is 0 Å². The van der Waals surface area contributed by atoms with E-state index in [4.69, 9.17) is 0 Å². The van der Waals surface area contributed by atoms with Crippen LogP contribution in [0.2, 0.25) is 0 Å². The van der Waals surface area contributed by atoms with Gasteiger partial charge in [0.15, 0.2) is 0 Å². The first kappa shape index (κ1) is 38.0. The van der Waals surface area contributed by atoms with Gasteiger partial charge in [-0.3, -0.25) is 9.97 Å². The van der Waals surface area contributed by atoms with E-state index in [1.165, 1.54) is 50.4 Å². The molecule has 0 N–H and O–H groups in total. The van der Waals surface area contributed by atoms with Crippen molar-refractivity contribution in [2.45, 2.75) is 79.1 Å². The molecule has 0 unspecified atom stereocenters. The number of nitrogens with zero attached hydrogens (tertiary/aromatic N) is 6. The van der Waals surface area contributed by atoms with Crippen molar-refractivity contribution >= 4 is 44.6 Å². The zero-order valence-electron chi connectivity index (χ0n) is 31.8.